The molecule has 1 aliphatic rings. The number of hydrogen-bond donors (Lipinski definition) is 0. The molecular formula is C24H36BrNO2. The molecular weight excluding hydrogens is 414 g/mol. The topological polar surface area (TPSA) is 29.5 Å². The minimum absolute atomic E-state index is 0.280. The number of unbranched alkanes of at least 4 members (excludes halogenated alkanes) is 6. The van der Waals surface area contributed by atoms with Gasteiger partial charge in [0.2, 0.25) is 0 Å². The SMILES string of the molecule is CCCCCCCCCOc1ccc(/C=C2\CN(CCC)CCC2=O)cc1Br. The molecule has 1 fully saturated rings. The van der Waals surface area contributed by atoms with Crippen LogP contribution in [0.3, 0.4) is 0 Å². The van der Waals surface area contributed by atoms with Crippen molar-refractivity contribution in [3.63, 3.8) is 0 Å². The van der Waals surface area contributed by atoms with Crippen LogP contribution in [0.15, 0.2) is 28.2 Å². The normalized spacial score (nSPS) is 16.7. The molecule has 0 spiro atoms. The lowest BCUT2D eigenvalue weighted by Gasteiger charge is -2.27. The fraction of sp³-hybridized carbons (Fsp3) is 0.625. The smallest absolute Gasteiger partial charge is 0.161 e. The fourth-order valence-electron chi connectivity index (χ4n) is 3.63. The lowest BCUT2D eigenvalue weighted by Crippen LogP contribution is -2.36. The molecule has 4 heteroatoms. The first-order chi connectivity index (χ1) is 13.6. The van der Waals surface area contributed by atoms with Crippen LogP contribution in [0.4, 0.5) is 0 Å². The highest BCUT2D eigenvalue weighted by Gasteiger charge is 2.20. The molecule has 156 valence electrons. The number of carbonyl (C=O) groups excluding carboxylic acids is 1. The third-order valence-electron chi connectivity index (χ3n) is 5.25. The van der Waals surface area contributed by atoms with Gasteiger partial charge in [-0.15, -0.1) is 0 Å². The van der Waals surface area contributed by atoms with Crippen molar-refractivity contribution in [1.82, 2.24) is 4.90 Å². The highest BCUT2D eigenvalue weighted by Crippen LogP contribution is 2.28. The second-order valence-electron chi connectivity index (χ2n) is 7.78. The Morgan fingerprint density at radius 2 is 1.82 bits per heavy atom. The monoisotopic (exact) mass is 449 g/mol. The number of hydrogen-bond acceptors (Lipinski definition) is 3. The van der Waals surface area contributed by atoms with Gasteiger partial charge in [0, 0.05) is 25.1 Å². The van der Waals surface area contributed by atoms with Crippen LogP contribution in [-0.4, -0.2) is 36.9 Å². The van der Waals surface area contributed by atoms with E-state index in [4.69, 9.17) is 4.74 Å². The first kappa shape index (κ1) is 23.2. The maximum absolute atomic E-state index is 12.3. The van der Waals surface area contributed by atoms with Gasteiger partial charge in [0.1, 0.15) is 5.75 Å². The van der Waals surface area contributed by atoms with Crippen molar-refractivity contribution < 1.29 is 9.53 Å². The van der Waals surface area contributed by atoms with Crippen molar-refractivity contribution in [1.29, 1.82) is 0 Å². The number of carbonyl (C=O) groups is 1. The molecule has 28 heavy (non-hydrogen) atoms. The van der Waals surface area contributed by atoms with E-state index < -0.39 is 0 Å². The number of Topliss-reactive ketones (excluding diaryl/α,β-unsaturated/α-hetero) is 1. The number of likely N-dealkylation sites (tertiary alicyclic amines) is 1. The molecule has 3 nitrogen and oxygen atoms in total. The van der Waals surface area contributed by atoms with Crippen LogP contribution < -0.4 is 4.74 Å². The molecule has 0 aliphatic carbocycles. The summed E-state index contributed by atoms with van der Waals surface area (Å²) < 4.78 is 6.89. The van der Waals surface area contributed by atoms with Gasteiger partial charge in [-0.25, -0.2) is 0 Å². The largest absolute Gasteiger partial charge is 0.492 e. The zero-order valence-corrected chi connectivity index (χ0v) is 19.2. The van der Waals surface area contributed by atoms with E-state index in [-0.39, 0.29) is 5.78 Å². The molecule has 0 unspecified atom stereocenters. The van der Waals surface area contributed by atoms with Crippen LogP contribution >= 0.6 is 15.9 Å². The van der Waals surface area contributed by atoms with Crippen LogP contribution in [0.25, 0.3) is 6.08 Å². The van der Waals surface area contributed by atoms with Gasteiger partial charge in [0.25, 0.3) is 0 Å². The minimum Gasteiger partial charge on any atom is -0.492 e. The Morgan fingerprint density at radius 3 is 2.54 bits per heavy atom. The lowest BCUT2D eigenvalue weighted by atomic mass is 10.00. The molecule has 1 saturated heterocycles. The predicted molar refractivity (Wildman–Crippen MR) is 122 cm³/mol. The van der Waals surface area contributed by atoms with Gasteiger partial charge in [-0.1, -0.05) is 58.4 Å². The van der Waals surface area contributed by atoms with Crippen molar-refractivity contribution in [2.24, 2.45) is 0 Å². The average Bonchev–Trinajstić information content (AvgIpc) is 2.68. The molecule has 0 atom stereocenters. The maximum atomic E-state index is 12.3. The Hall–Kier alpha value is -1.13. The van der Waals surface area contributed by atoms with Gasteiger partial charge >= 0.3 is 0 Å². The predicted octanol–water partition coefficient (Wildman–Crippen LogP) is 6.65. The standard InChI is InChI=1S/C24H36BrNO2/c1-3-5-6-7-8-9-10-16-28-24-12-11-20(18-22(24)25)17-21-19-26(14-4-2)15-13-23(21)27/h11-12,17-18H,3-10,13-16,19H2,1-2H3/b21-17+. The first-order valence-electron chi connectivity index (χ1n) is 11.0. The van der Waals surface area contributed by atoms with Crippen LogP contribution in [0.5, 0.6) is 5.75 Å². The minimum atomic E-state index is 0.280. The third kappa shape index (κ3) is 8.08. The summed E-state index contributed by atoms with van der Waals surface area (Å²) in [6.45, 7) is 7.90. The number of benzene rings is 1. The summed E-state index contributed by atoms with van der Waals surface area (Å²) in [5, 5.41) is 0. The van der Waals surface area contributed by atoms with Crippen molar-refractivity contribution in [2.75, 3.05) is 26.2 Å². The molecule has 1 aromatic rings. The summed E-state index contributed by atoms with van der Waals surface area (Å²) in [7, 11) is 0. The second-order valence-corrected chi connectivity index (χ2v) is 8.63. The molecule has 1 heterocycles. The van der Waals surface area contributed by atoms with Gasteiger partial charge in [0.15, 0.2) is 5.78 Å². The van der Waals surface area contributed by atoms with E-state index in [0.717, 1.165) is 60.4 Å². The van der Waals surface area contributed by atoms with Gasteiger partial charge in [-0.05, 0) is 59.1 Å². The molecule has 0 N–H and O–H groups in total. The van der Waals surface area contributed by atoms with Crippen molar-refractivity contribution in [3.8, 4) is 5.75 Å². The Balaban J connectivity index is 1.82. The molecule has 0 saturated carbocycles. The number of piperidine rings is 1. The summed E-state index contributed by atoms with van der Waals surface area (Å²) in [4.78, 5) is 14.6. The number of halogens is 1. The Bertz CT molecular complexity index is 641. The highest BCUT2D eigenvalue weighted by molar-refractivity contribution is 9.10. The third-order valence-corrected chi connectivity index (χ3v) is 5.87. The second kappa shape index (κ2) is 13.2. The maximum Gasteiger partial charge on any atom is 0.161 e. The molecule has 1 aromatic carbocycles. The van der Waals surface area contributed by atoms with Gasteiger partial charge < -0.3 is 4.74 Å². The summed E-state index contributed by atoms with van der Waals surface area (Å²) in [5.41, 5.74) is 1.97. The van der Waals surface area contributed by atoms with E-state index in [1.807, 2.05) is 18.2 Å². The molecule has 0 radical (unpaired) electrons. The van der Waals surface area contributed by atoms with E-state index in [0.29, 0.717) is 6.42 Å². The Morgan fingerprint density at radius 1 is 1.07 bits per heavy atom. The molecule has 0 bridgehead atoms. The number of ketones is 1. The molecule has 0 aromatic heterocycles. The zero-order valence-electron chi connectivity index (χ0n) is 17.6. The van der Waals surface area contributed by atoms with Crippen molar-refractivity contribution in [3.05, 3.63) is 33.8 Å². The van der Waals surface area contributed by atoms with E-state index in [1.165, 1.54) is 38.5 Å². The van der Waals surface area contributed by atoms with Crippen molar-refractivity contribution in [2.45, 2.75) is 71.6 Å². The van der Waals surface area contributed by atoms with E-state index in [9.17, 15) is 4.79 Å². The zero-order chi connectivity index (χ0) is 20.2. The average molecular weight is 450 g/mol. The summed E-state index contributed by atoms with van der Waals surface area (Å²) in [5.74, 6) is 1.17. The summed E-state index contributed by atoms with van der Waals surface area (Å²) in [6.07, 6.45) is 12.8. The fourth-order valence-corrected chi connectivity index (χ4v) is 4.14. The lowest BCUT2D eigenvalue weighted by molar-refractivity contribution is -0.117. The molecule has 1 aliphatic heterocycles. The van der Waals surface area contributed by atoms with Crippen LogP contribution in [-0.2, 0) is 4.79 Å². The summed E-state index contributed by atoms with van der Waals surface area (Å²) >= 11 is 3.63. The molecule has 2 rings (SSSR count). The number of rotatable bonds is 12. The number of nitrogens with zero attached hydrogens (tertiary/aromatic N) is 1. The van der Waals surface area contributed by atoms with Gasteiger partial charge in [-0.3, -0.25) is 9.69 Å². The Labute approximate surface area is 179 Å². The summed E-state index contributed by atoms with van der Waals surface area (Å²) in [6, 6.07) is 6.11. The first-order valence-corrected chi connectivity index (χ1v) is 11.8. The van der Waals surface area contributed by atoms with E-state index in [2.05, 4.69) is 40.7 Å². The number of ether oxygens (including phenoxy) is 1. The van der Waals surface area contributed by atoms with Crippen molar-refractivity contribution >= 4 is 27.8 Å². The van der Waals surface area contributed by atoms with Crippen LogP contribution in [0.1, 0.15) is 77.2 Å². The van der Waals surface area contributed by atoms with Crippen LogP contribution in [0, 0.1) is 0 Å². The Kier molecular flexibility index (Phi) is 10.9. The van der Waals surface area contributed by atoms with Gasteiger partial charge in [0.05, 0.1) is 11.1 Å². The highest BCUT2D eigenvalue weighted by atomic mass is 79.9. The molecule has 0 amide bonds. The van der Waals surface area contributed by atoms with E-state index in [1.54, 1.807) is 0 Å². The van der Waals surface area contributed by atoms with E-state index >= 15 is 0 Å². The van der Waals surface area contributed by atoms with Gasteiger partial charge in [-0.2, -0.15) is 0 Å². The van der Waals surface area contributed by atoms with Crippen LogP contribution in [0.2, 0.25) is 0 Å². The quantitative estimate of drug-likeness (QED) is 0.264.